The van der Waals surface area contributed by atoms with E-state index in [1.807, 2.05) is 12.1 Å². The minimum Gasteiger partial charge on any atom is -0.493 e. The number of rotatable bonds is 3. The molecular weight excluding hydrogens is 256 g/mol. The lowest BCUT2D eigenvalue weighted by molar-refractivity contribution is -0.134. The van der Waals surface area contributed by atoms with Gasteiger partial charge in [0.15, 0.2) is 0 Å². The molecule has 1 aromatic carbocycles. The van der Waals surface area contributed by atoms with E-state index < -0.39 is 0 Å². The zero-order chi connectivity index (χ0) is 13.8. The lowest BCUT2D eigenvalue weighted by atomic mass is 10.0. The number of nitrogens with one attached hydrogen (secondary N) is 2. The van der Waals surface area contributed by atoms with Gasteiger partial charge >= 0.3 is 0 Å². The normalized spacial score (nSPS) is 21.7. The summed E-state index contributed by atoms with van der Waals surface area (Å²) < 4.78 is 11.0. The average Bonchev–Trinajstić information content (AvgIpc) is 2.53. The number of hydrogen-bond donors (Lipinski definition) is 2. The first-order valence-corrected chi connectivity index (χ1v) is 7.17. The first-order valence-electron chi connectivity index (χ1n) is 7.17. The van der Waals surface area contributed by atoms with Gasteiger partial charge < -0.3 is 20.1 Å². The molecule has 5 nitrogen and oxygen atoms in total. The molecule has 0 saturated carbocycles. The summed E-state index contributed by atoms with van der Waals surface area (Å²) in [6, 6.07) is 6.12. The Kier molecular flexibility index (Phi) is 4.18. The number of morpholine rings is 1. The van der Waals surface area contributed by atoms with Crippen LogP contribution in [0.25, 0.3) is 0 Å². The Morgan fingerprint density at radius 1 is 1.40 bits per heavy atom. The van der Waals surface area contributed by atoms with Crippen molar-refractivity contribution in [2.45, 2.75) is 25.5 Å². The Bertz CT molecular complexity index is 484. The lowest BCUT2D eigenvalue weighted by Gasteiger charge is -2.23. The summed E-state index contributed by atoms with van der Waals surface area (Å²) in [4.78, 5) is 12.0. The monoisotopic (exact) mass is 276 g/mol. The van der Waals surface area contributed by atoms with E-state index in [2.05, 4.69) is 16.7 Å². The Labute approximate surface area is 118 Å². The number of aryl methyl sites for hydroxylation is 1. The number of amides is 1. The third-order valence-corrected chi connectivity index (χ3v) is 3.66. The molecule has 1 fully saturated rings. The second-order valence-electron chi connectivity index (χ2n) is 5.18. The topological polar surface area (TPSA) is 59.6 Å². The number of fused-ring (bicyclic) bond motifs is 1. The van der Waals surface area contributed by atoms with Gasteiger partial charge in [0.1, 0.15) is 11.9 Å². The van der Waals surface area contributed by atoms with Gasteiger partial charge in [0.25, 0.3) is 5.91 Å². The minimum atomic E-state index is -0.371. The van der Waals surface area contributed by atoms with Crippen molar-refractivity contribution in [2.75, 3.05) is 26.3 Å². The zero-order valence-corrected chi connectivity index (χ0v) is 11.5. The Hall–Kier alpha value is -1.59. The third-order valence-electron chi connectivity index (χ3n) is 3.66. The van der Waals surface area contributed by atoms with Gasteiger partial charge in [0.05, 0.1) is 13.2 Å². The van der Waals surface area contributed by atoms with Crippen LogP contribution in [0.5, 0.6) is 5.75 Å². The molecule has 108 valence electrons. The van der Waals surface area contributed by atoms with Crippen molar-refractivity contribution in [3.63, 3.8) is 0 Å². The van der Waals surface area contributed by atoms with Crippen LogP contribution in [-0.2, 0) is 22.5 Å². The highest BCUT2D eigenvalue weighted by molar-refractivity contribution is 5.81. The maximum atomic E-state index is 12.0. The van der Waals surface area contributed by atoms with Gasteiger partial charge in [-0.3, -0.25) is 4.79 Å². The quantitative estimate of drug-likeness (QED) is 0.849. The fraction of sp³-hybridized carbons (Fsp3) is 0.533. The van der Waals surface area contributed by atoms with Gasteiger partial charge in [-0.1, -0.05) is 12.1 Å². The second kappa shape index (κ2) is 6.24. The van der Waals surface area contributed by atoms with Gasteiger partial charge in [-0.15, -0.1) is 0 Å². The predicted octanol–water partition coefficient (Wildman–Crippen LogP) is 0.616. The van der Waals surface area contributed by atoms with E-state index in [4.69, 9.17) is 9.47 Å². The van der Waals surface area contributed by atoms with E-state index in [1.54, 1.807) is 0 Å². The third kappa shape index (κ3) is 3.11. The fourth-order valence-electron chi connectivity index (χ4n) is 2.56. The molecule has 0 aromatic heterocycles. The molecule has 1 atom stereocenters. The predicted molar refractivity (Wildman–Crippen MR) is 74.7 cm³/mol. The van der Waals surface area contributed by atoms with Crippen LogP contribution in [0.3, 0.4) is 0 Å². The van der Waals surface area contributed by atoms with Crippen LogP contribution in [0.15, 0.2) is 18.2 Å². The lowest BCUT2D eigenvalue weighted by Crippen LogP contribution is -2.47. The van der Waals surface area contributed by atoms with Crippen molar-refractivity contribution in [3.8, 4) is 5.75 Å². The maximum absolute atomic E-state index is 12.0. The van der Waals surface area contributed by atoms with Crippen molar-refractivity contribution < 1.29 is 14.3 Å². The summed E-state index contributed by atoms with van der Waals surface area (Å²) in [5.41, 5.74) is 2.34. The molecule has 1 saturated heterocycles. The molecule has 2 heterocycles. The summed E-state index contributed by atoms with van der Waals surface area (Å²) in [6.45, 7) is 3.33. The highest BCUT2D eigenvalue weighted by atomic mass is 16.5. The highest BCUT2D eigenvalue weighted by Crippen LogP contribution is 2.25. The van der Waals surface area contributed by atoms with Gasteiger partial charge in [-0.2, -0.15) is 0 Å². The van der Waals surface area contributed by atoms with Crippen molar-refractivity contribution in [1.29, 1.82) is 0 Å². The average molecular weight is 276 g/mol. The van der Waals surface area contributed by atoms with E-state index in [0.717, 1.165) is 37.3 Å². The zero-order valence-electron chi connectivity index (χ0n) is 11.5. The van der Waals surface area contributed by atoms with Crippen LogP contribution in [0.2, 0.25) is 0 Å². The molecule has 3 rings (SSSR count). The van der Waals surface area contributed by atoms with Gasteiger partial charge in [-0.25, -0.2) is 0 Å². The van der Waals surface area contributed by atoms with Gasteiger partial charge in [0, 0.05) is 19.6 Å². The molecular formula is C15H20N2O3. The van der Waals surface area contributed by atoms with Crippen molar-refractivity contribution in [3.05, 3.63) is 29.3 Å². The molecule has 5 heteroatoms. The van der Waals surface area contributed by atoms with E-state index >= 15 is 0 Å². The van der Waals surface area contributed by atoms with Gasteiger partial charge in [0.2, 0.25) is 0 Å². The minimum absolute atomic E-state index is 0.0498. The van der Waals surface area contributed by atoms with Gasteiger partial charge in [-0.05, 0) is 30.0 Å². The first kappa shape index (κ1) is 13.4. The van der Waals surface area contributed by atoms with E-state index in [0.29, 0.717) is 19.7 Å². The van der Waals surface area contributed by atoms with E-state index in [1.165, 1.54) is 5.56 Å². The van der Waals surface area contributed by atoms with Crippen LogP contribution >= 0.6 is 0 Å². The summed E-state index contributed by atoms with van der Waals surface area (Å²) in [6.07, 6.45) is 1.74. The summed E-state index contributed by atoms with van der Waals surface area (Å²) in [5, 5.41) is 6.08. The number of ether oxygens (including phenoxy) is 2. The molecule has 2 aliphatic rings. The Morgan fingerprint density at radius 2 is 2.35 bits per heavy atom. The Morgan fingerprint density at radius 3 is 3.20 bits per heavy atom. The molecule has 0 radical (unpaired) electrons. The largest absolute Gasteiger partial charge is 0.493 e. The molecule has 20 heavy (non-hydrogen) atoms. The smallest absolute Gasteiger partial charge is 0.250 e. The fourth-order valence-corrected chi connectivity index (χ4v) is 2.56. The number of carbonyl (C=O) groups is 1. The molecule has 0 aliphatic carbocycles. The van der Waals surface area contributed by atoms with Crippen LogP contribution in [0.4, 0.5) is 0 Å². The molecule has 0 spiro atoms. The molecule has 0 bridgehead atoms. The summed E-state index contributed by atoms with van der Waals surface area (Å²) in [7, 11) is 0. The van der Waals surface area contributed by atoms with Crippen LogP contribution in [0.1, 0.15) is 17.5 Å². The number of benzene rings is 1. The molecule has 1 aromatic rings. The number of carbonyl (C=O) groups excluding carboxylic acids is 1. The second-order valence-corrected chi connectivity index (χ2v) is 5.18. The van der Waals surface area contributed by atoms with E-state index in [-0.39, 0.29) is 12.0 Å². The molecule has 2 aliphatic heterocycles. The van der Waals surface area contributed by atoms with Crippen LogP contribution in [0, 0.1) is 0 Å². The van der Waals surface area contributed by atoms with Crippen molar-refractivity contribution in [1.82, 2.24) is 10.6 Å². The molecule has 1 amide bonds. The van der Waals surface area contributed by atoms with Crippen LogP contribution < -0.4 is 15.4 Å². The Balaban J connectivity index is 1.56. The molecule has 0 unspecified atom stereocenters. The SMILES string of the molecule is O=C(NCc1ccc2c(c1)CCCO2)[C@H]1CNCCO1. The summed E-state index contributed by atoms with van der Waals surface area (Å²) in [5.74, 6) is 0.928. The highest BCUT2D eigenvalue weighted by Gasteiger charge is 2.21. The van der Waals surface area contributed by atoms with Crippen molar-refractivity contribution in [2.24, 2.45) is 0 Å². The van der Waals surface area contributed by atoms with Crippen LogP contribution in [-0.4, -0.2) is 38.3 Å². The van der Waals surface area contributed by atoms with Crippen molar-refractivity contribution >= 4 is 5.91 Å². The van der Waals surface area contributed by atoms with E-state index in [9.17, 15) is 4.79 Å². The molecule has 2 N–H and O–H groups in total. The summed E-state index contributed by atoms with van der Waals surface area (Å²) >= 11 is 0. The maximum Gasteiger partial charge on any atom is 0.250 e. The first-order chi connectivity index (χ1) is 9.83. The number of hydrogen-bond acceptors (Lipinski definition) is 4. The standard InChI is InChI=1S/C15H20N2O3/c18-15(14-10-16-5-7-20-14)17-9-11-3-4-13-12(8-11)2-1-6-19-13/h3-4,8,14,16H,1-2,5-7,9-10H2,(H,17,18)/t14-/m1/s1.